The highest BCUT2D eigenvalue weighted by Gasteiger charge is 2.31. The Bertz CT molecular complexity index is 1180. The molecule has 0 spiro atoms. The molecule has 0 aromatic heterocycles. The molecule has 3 aromatic rings. The first-order valence-corrected chi connectivity index (χ1v) is 13.3. The first-order valence-electron chi connectivity index (χ1n) is 12.5. The topological polar surface area (TPSA) is 58.6 Å². The molecular formula is C30H34Cl2N2O3. The molecule has 1 N–H and O–H groups in total. The highest BCUT2D eigenvalue weighted by Crippen LogP contribution is 2.28. The summed E-state index contributed by atoms with van der Waals surface area (Å²) in [5.74, 6) is 0.0834. The van der Waals surface area contributed by atoms with Crippen LogP contribution in [0, 0.1) is 13.8 Å². The molecule has 5 nitrogen and oxygen atoms in total. The Labute approximate surface area is 229 Å². The fourth-order valence-electron chi connectivity index (χ4n) is 4.02. The molecule has 0 saturated carbocycles. The predicted octanol–water partition coefficient (Wildman–Crippen LogP) is 6.55. The number of benzene rings is 3. The maximum atomic E-state index is 13.7. The molecule has 0 aliphatic carbocycles. The zero-order valence-corrected chi connectivity index (χ0v) is 23.1. The van der Waals surface area contributed by atoms with E-state index in [1.54, 1.807) is 18.2 Å². The van der Waals surface area contributed by atoms with Gasteiger partial charge in [-0.05, 0) is 55.2 Å². The molecule has 3 rings (SSSR count). The van der Waals surface area contributed by atoms with Crippen LogP contribution in [0.2, 0.25) is 10.0 Å². The molecule has 2 amide bonds. The molecule has 196 valence electrons. The fraction of sp³-hybridized carbons (Fsp3) is 0.333. The summed E-state index contributed by atoms with van der Waals surface area (Å²) in [6, 6.07) is 19.8. The number of hydrogen-bond acceptors (Lipinski definition) is 3. The molecule has 0 aliphatic rings. The van der Waals surface area contributed by atoms with Crippen molar-refractivity contribution < 1.29 is 14.3 Å². The van der Waals surface area contributed by atoms with E-state index in [1.807, 2.05) is 62.4 Å². The second-order valence-electron chi connectivity index (χ2n) is 9.06. The van der Waals surface area contributed by atoms with E-state index < -0.39 is 6.04 Å². The van der Waals surface area contributed by atoms with Crippen LogP contribution < -0.4 is 10.1 Å². The van der Waals surface area contributed by atoms with Gasteiger partial charge >= 0.3 is 0 Å². The third-order valence-corrected chi connectivity index (χ3v) is 7.11. The third kappa shape index (κ3) is 7.98. The van der Waals surface area contributed by atoms with Gasteiger partial charge in [0, 0.05) is 35.1 Å². The van der Waals surface area contributed by atoms with Gasteiger partial charge in [0.1, 0.15) is 11.8 Å². The number of ether oxygens (including phenoxy) is 1. The number of nitrogens with zero attached hydrogens (tertiary/aromatic N) is 1. The molecule has 7 heteroatoms. The molecule has 0 heterocycles. The van der Waals surface area contributed by atoms with Gasteiger partial charge in [0.05, 0.1) is 0 Å². The van der Waals surface area contributed by atoms with E-state index in [4.69, 9.17) is 27.9 Å². The molecule has 1 atom stereocenters. The number of carbonyl (C=O) groups is 2. The Balaban J connectivity index is 1.95. The van der Waals surface area contributed by atoms with E-state index in [0.29, 0.717) is 34.3 Å². The minimum atomic E-state index is -0.777. The molecule has 0 aliphatic heterocycles. The molecular weight excluding hydrogens is 507 g/mol. The van der Waals surface area contributed by atoms with Gasteiger partial charge < -0.3 is 15.0 Å². The quantitative estimate of drug-likeness (QED) is 0.265. The lowest BCUT2D eigenvalue weighted by molar-refractivity contribution is -0.142. The minimum absolute atomic E-state index is 0.0756. The third-order valence-electron chi connectivity index (χ3n) is 6.40. The molecule has 0 radical (unpaired) electrons. The molecule has 0 fully saturated rings. The van der Waals surface area contributed by atoms with Crippen LogP contribution in [0.25, 0.3) is 0 Å². The van der Waals surface area contributed by atoms with Crippen LogP contribution in [0.3, 0.4) is 0 Å². The maximum Gasteiger partial charge on any atom is 0.261 e. The lowest BCUT2D eigenvalue weighted by Gasteiger charge is -2.32. The van der Waals surface area contributed by atoms with E-state index in [1.165, 1.54) is 4.90 Å². The second-order valence-corrected chi connectivity index (χ2v) is 9.87. The summed E-state index contributed by atoms with van der Waals surface area (Å²) in [5, 5.41) is 3.88. The van der Waals surface area contributed by atoms with Crippen LogP contribution in [0.1, 0.15) is 42.0 Å². The summed E-state index contributed by atoms with van der Waals surface area (Å²) in [7, 11) is 0. The average molecular weight is 542 g/mol. The zero-order valence-electron chi connectivity index (χ0n) is 21.6. The molecule has 0 saturated heterocycles. The van der Waals surface area contributed by atoms with Gasteiger partial charge in [0.25, 0.3) is 5.91 Å². The van der Waals surface area contributed by atoms with Crippen molar-refractivity contribution in [1.29, 1.82) is 0 Å². The smallest absolute Gasteiger partial charge is 0.261 e. The van der Waals surface area contributed by atoms with E-state index in [-0.39, 0.29) is 25.0 Å². The number of carbonyl (C=O) groups excluding carboxylic acids is 2. The first kappa shape index (κ1) is 28.5. The Hall–Kier alpha value is -3.02. The Morgan fingerprint density at radius 1 is 0.946 bits per heavy atom. The summed E-state index contributed by atoms with van der Waals surface area (Å²) < 4.78 is 5.95. The molecule has 1 unspecified atom stereocenters. The van der Waals surface area contributed by atoms with Crippen LogP contribution >= 0.6 is 23.2 Å². The van der Waals surface area contributed by atoms with Crippen molar-refractivity contribution >= 4 is 35.0 Å². The van der Waals surface area contributed by atoms with Crippen molar-refractivity contribution in [2.45, 2.75) is 52.6 Å². The van der Waals surface area contributed by atoms with Gasteiger partial charge in [-0.25, -0.2) is 0 Å². The van der Waals surface area contributed by atoms with Crippen molar-refractivity contribution in [2.75, 3.05) is 13.2 Å². The highest BCUT2D eigenvalue weighted by molar-refractivity contribution is 6.36. The van der Waals surface area contributed by atoms with Gasteiger partial charge in [-0.1, -0.05) is 85.1 Å². The number of aryl methyl sites for hydroxylation is 1. The number of rotatable bonds is 12. The monoisotopic (exact) mass is 540 g/mol. The van der Waals surface area contributed by atoms with Gasteiger partial charge in [0.2, 0.25) is 5.91 Å². The largest absolute Gasteiger partial charge is 0.483 e. The maximum absolute atomic E-state index is 13.7. The van der Waals surface area contributed by atoms with Crippen molar-refractivity contribution in [1.82, 2.24) is 10.2 Å². The molecule has 37 heavy (non-hydrogen) atoms. The highest BCUT2D eigenvalue weighted by atomic mass is 35.5. The summed E-state index contributed by atoms with van der Waals surface area (Å²) in [6.07, 6.45) is 2.14. The fourth-order valence-corrected chi connectivity index (χ4v) is 4.53. The van der Waals surface area contributed by atoms with Crippen molar-refractivity contribution in [3.05, 3.63) is 99.0 Å². The van der Waals surface area contributed by atoms with Crippen molar-refractivity contribution in [3.8, 4) is 5.75 Å². The van der Waals surface area contributed by atoms with E-state index >= 15 is 0 Å². The predicted molar refractivity (Wildman–Crippen MR) is 150 cm³/mol. The van der Waals surface area contributed by atoms with Crippen LogP contribution in [-0.2, 0) is 22.6 Å². The van der Waals surface area contributed by atoms with Crippen molar-refractivity contribution in [3.63, 3.8) is 0 Å². The lowest BCUT2D eigenvalue weighted by atomic mass is 10.0. The van der Waals surface area contributed by atoms with E-state index in [2.05, 4.69) is 12.2 Å². The van der Waals surface area contributed by atoms with Gasteiger partial charge in [-0.2, -0.15) is 0 Å². The average Bonchev–Trinajstić information content (AvgIpc) is 2.89. The van der Waals surface area contributed by atoms with Crippen molar-refractivity contribution in [2.24, 2.45) is 0 Å². The second kappa shape index (κ2) is 14.1. The van der Waals surface area contributed by atoms with Gasteiger partial charge in [-0.15, -0.1) is 0 Å². The molecule has 0 bridgehead atoms. The normalized spacial score (nSPS) is 11.6. The van der Waals surface area contributed by atoms with Gasteiger partial charge in [-0.3, -0.25) is 9.59 Å². The lowest BCUT2D eigenvalue weighted by Crippen LogP contribution is -2.52. The number of hydrogen-bond donors (Lipinski definition) is 1. The Kier molecular flexibility index (Phi) is 10.8. The standard InChI is InChI=1S/C30H34Cl2N2O3/c1-4-5-17-33-30(36)27(18-23-12-7-6-8-13-23)34(19-24-25(31)14-10-15-26(24)32)29(35)20-37-28-16-9-11-21(2)22(28)3/h6-16,27H,4-5,17-20H2,1-3H3,(H,33,36). The Morgan fingerprint density at radius 2 is 1.62 bits per heavy atom. The van der Waals surface area contributed by atoms with Crippen LogP contribution in [0.5, 0.6) is 5.75 Å². The SMILES string of the molecule is CCCCNC(=O)C(Cc1ccccc1)N(Cc1c(Cl)cccc1Cl)C(=O)COc1cccc(C)c1C. The number of amides is 2. The van der Waals surface area contributed by atoms with Crippen LogP contribution in [0.15, 0.2) is 66.7 Å². The zero-order chi connectivity index (χ0) is 26.8. The summed E-state index contributed by atoms with van der Waals surface area (Å²) in [6.45, 7) is 6.40. The first-order chi connectivity index (χ1) is 17.8. The van der Waals surface area contributed by atoms with Gasteiger partial charge in [0.15, 0.2) is 6.61 Å². The Morgan fingerprint density at radius 3 is 2.30 bits per heavy atom. The minimum Gasteiger partial charge on any atom is -0.483 e. The summed E-state index contributed by atoms with van der Waals surface area (Å²) in [5.41, 5.74) is 3.57. The number of halogens is 2. The number of unbranched alkanes of at least 4 members (excludes halogenated alkanes) is 1. The molecule has 3 aromatic carbocycles. The van der Waals surface area contributed by atoms with E-state index in [9.17, 15) is 9.59 Å². The summed E-state index contributed by atoms with van der Waals surface area (Å²) >= 11 is 13.0. The van der Waals surface area contributed by atoms with E-state index in [0.717, 1.165) is 29.5 Å². The van der Waals surface area contributed by atoms with Crippen LogP contribution in [-0.4, -0.2) is 35.9 Å². The van der Waals surface area contributed by atoms with Crippen LogP contribution in [0.4, 0.5) is 0 Å². The number of nitrogens with one attached hydrogen (secondary N) is 1. The summed E-state index contributed by atoms with van der Waals surface area (Å²) in [4.78, 5) is 28.8.